The largest absolute Gasteiger partial charge is 0.482 e. The Balaban J connectivity index is 1.97. The van der Waals surface area contributed by atoms with Gasteiger partial charge >= 0.3 is 0 Å². The second kappa shape index (κ2) is 6.73. The van der Waals surface area contributed by atoms with Crippen molar-refractivity contribution in [1.29, 1.82) is 5.26 Å². The lowest BCUT2D eigenvalue weighted by atomic mass is 10.2. The highest BCUT2D eigenvalue weighted by atomic mass is 35.5. The number of rotatable bonds is 4. The molecule has 0 bridgehead atoms. The van der Waals surface area contributed by atoms with Crippen molar-refractivity contribution in [1.82, 2.24) is 0 Å². The predicted molar refractivity (Wildman–Crippen MR) is 76.7 cm³/mol. The van der Waals surface area contributed by atoms with Gasteiger partial charge in [-0.2, -0.15) is 5.26 Å². The van der Waals surface area contributed by atoms with E-state index in [1.54, 1.807) is 6.07 Å². The van der Waals surface area contributed by atoms with Gasteiger partial charge in [0.1, 0.15) is 17.6 Å². The zero-order valence-electron chi connectivity index (χ0n) is 10.8. The van der Waals surface area contributed by atoms with Crippen LogP contribution in [0.4, 0.5) is 10.1 Å². The van der Waals surface area contributed by atoms with E-state index in [0.29, 0.717) is 10.7 Å². The highest BCUT2D eigenvalue weighted by molar-refractivity contribution is 6.30. The van der Waals surface area contributed by atoms with Gasteiger partial charge in [-0.1, -0.05) is 11.6 Å². The molecule has 0 heterocycles. The standard InChI is InChI=1S/C15H10ClFN2O2/c16-11-2-1-10(8-18)14(7-11)21-9-15(20)19-13-5-3-12(17)4-6-13/h1-7H,9H2,(H,19,20). The molecule has 6 heteroatoms. The number of ether oxygens (including phenoxy) is 1. The number of anilines is 1. The molecule has 2 aromatic rings. The van der Waals surface area contributed by atoms with Crippen LogP contribution in [0.2, 0.25) is 5.02 Å². The molecule has 106 valence electrons. The molecule has 2 rings (SSSR count). The summed E-state index contributed by atoms with van der Waals surface area (Å²) in [7, 11) is 0. The molecule has 0 aliphatic rings. The number of hydrogen-bond acceptors (Lipinski definition) is 3. The van der Waals surface area contributed by atoms with E-state index in [1.165, 1.54) is 36.4 Å². The summed E-state index contributed by atoms with van der Waals surface area (Å²) in [5, 5.41) is 11.9. The molecular formula is C15H10ClFN2O2. The molecule has 0 saturated heterocycles. The monoisotopic (exact) mass is 304 g/mol. The maximum Gasteiger partial charge on any atom is 0.262 e. The van der Waals surface area contributed by atoms with E-state index >= 15 is 0 Å². The molecule has 0 spiro atoms. The van der Waals surface area contributed by atoms with E-state index in [-0.39, 0.29) is 23.7 Å². The first kappa shape index (κ1) is 14.8. The van der Waals surface area contributed by atoms with Gasteiger partial charge in [0.25, 0.3) is 5.91 Å². The van der Waals surface area contributed by atoms with Gasteiger partial charge in [0.2, 0.25) is 0 Å². The molecule has 4 nitrogen and oxygen atoms in total. The lowest BCUT2D eigenvalue weighted by Gasteiger charge is -2.09. The van der Waals surface area contributed by atoms with Crippen LogP contribution < -0.4 is 10.1 Å². The quantitative estimate of drug-likeness (QED) is 0.942. The average molecular weight is 305 g/mol. The minimum atomic E-state index is -0.425. The van der Waals surface area contributed by atoms with Crippen molar-refractivity contribution in [3.8, 4) is 11.8 Å². The lowest BCUT2D eigenvalue weighted by molar-refractivity contribution is -0.118. The summed E-state index contributed by atoms with van der Waals surface area (Å²) in [4.78, 5) is 11.7. The number of nitrogens with zero attached hydrogens (tertiary/aromatic N) is 1. The number of amides is 1. The Morgan fingerprint density at radius 1 is 1.29 bits per heavy atom. The highest BCUT2D eigenvalue weighted by Gasteiger charge is 2.08. The van der Waals surface area contributed by atoms with Crippen LogP contribution in [-0.2, 0) is 4.79 Å². The number of benzene rings is 2. The Hall–Kier alpha value is -2.58. The summed E-state index contributed by atoms with van der Waals surface area (Å²) >= 11 is 5.81. The van der Waals surface area contributed by atoms with Crippen molar-refractivity contribution in [2.45, 2.75) is 0 Å². The molecule has 21 heavy (non-hydrogen) atoms. The van der Waals surface area contributed by atoms with Crippen molar-refractivity contribution in [3.63, 3.8) is 0 Å². The smallest absolute Gasteiger partial charge is 0.262 e. The van der Waals surface area contributed by atoms with Gasteiger partial charge in [0, 0.05) is 16.8 Å². The molecule has 2 aromatic carbocycles. The molecule has 0 fully saturated rings. The number of nitrogens with one attached hydrogen (secondary N) is 1. The van der Waals surface area contributed by atoms with Gasteiger partial charge in [-0.15, -0.1) is 0 Å². The summed E-state index contributed by atoms with van der Waals surface area (Å²) in [6.07, 6.45) is 0. The number of halogens is 2. The SMILES string of the molecule is N#Cc1ccc(Cl)cc1OCC(=O)Nc1ccc(F)cc1. The topological polar surface area (TPSA) is 62.1 Å². The van der Waals surface area contributed by atoms with Crippen LogP contribution in [0.1, 0.15) is 5.56 Å². The molecule has 0 saturated carbocycles. The third-order valence-corrected chi connectivity index (χ3v) is 2.79. The van der Waals surface area contributed by atoms with Gasteiger partial charge in [0.05, 0.1) is 5.56 Å². The first-order valence-electron chi connectivity index (χ1n) is 5.96. The van der Waals surface area contributed by atoms with Crippen LogP contribution in [-0.4, -0.2) is 12.5 Å². The van der Waals surface area contributed by atoms with Crippen LogP contribution in [0, 0.1) is 17.1 Å². The first-order valence-corrected chi connectivity index (χ1v) is 6.34. The second-order valence-electron chi connectivity index (χ2n) is 4.10. The lowest BCUT2D eigenvalue weighted by Crippen LogP contribution is -2.20. The van der Waals surface area contributed by atoms with Crippen LogP contribution in [0.5, 0.6) is 5.75 Å². The Labute approximate surface area is 125 Å². The summed E-state index contributed by atoms with van der Waals surface area (Å²) in [6, 6.07) is 11.8. The fraction of sp³-hybridized carbons (Fsp3) is 0.0667. The number of carbonyl (C=O) groups excluding carboxylic acids is 1. The normalized spacial score (nSPS) is 9.76. The van der Waals surface area contributed by atoms with E-state index in [2.05, 4.69) is 5.32 Å². The molecule has 0 aromatic heterocycles. The van der Waals surface area contributed by atoms with Crippen molar-refractivity contribution in [2.75, 3.05) is 11.9 Å². The molecule has 0 unspecified atom stereocenters. The van der Waals surface area contributed by atoms with Gasteiger partial charge in [-0.3, -0.25) is 4.79 Å². The molecule has 0 aliphatic carbocycles. The molecule has 0 radical (unpaired) electrons. The number of hydrogen-bond donors (Lipinski definition) is 1. The third kappa shape index (κ3) is 4.20. The van der Waals surface area contributed by atoms with Crippen LogP contribution in [0.3, 0.4) is 0 Å². The molecule has 0 aliphatic heterocycles. The molecule has 1 N–H and O–H groups in total. The Kier molecular flexibility index (Phi) is 4.75. The van der Waals surface area contributed by atoms with E-state index in [1.807, 2.05) is 6.07 Å². The highest BCUT2D eigenvalue weighted by Crippen LogP contribution is 2.22. The summed E-state index contributed by atoms with van der Waals surface area (Å²) in [5.74, 6) is -0.577. The third-order valence-electron chi connectivity index (χ3n) is 2.55. The predicted octanol–water partition coefficient (Wildman–Crippen LogP) is 3.37. The van der Waals surface area contributed by atoms with Crippen molar-refractivity contribution >= 4 is 23.2 Å². The minimum absolute atomic E-state index is 0.235. The molecule has 1 amide bonds. The maximum absolute atomic E-state index is 12.7. The van der Waals surface area contributed by atoms with Crippen LogP contribution in [0.25, 0.3) is 0 Å². The summed E-state index contributed by atoms with van der Waals surface area (Å²) in [5.41, 5.74) is 0.741. The van der Waals surface area contributed by atoms with Gasteiger partial charge in [0.15, 0.2) is 6.61 Å². The van der Waals surface area contributed by atoms with Crippen LogP contribution in [0.15, 0.2) is 42.5 Å². The molecular weight excluding hydrogens is 295 g/mol. The number of carbonyl (C=O) groups is 1. The van der Waals surface area contributed by atoms with Crippen LogP contribution >= 0.6 is 11.6 Å². The fourth-order valence-electron chi connectivity index (χ4n) is 1.58. The first-order chi connectivity index (χ1) is 10.1. The second-order valence-corrected chi connectivity index (χ2v) is 4.53. The van der Waals surface area contributed by atoms with Gasteiger partial charge in [-0.05, 0) is 36.4 Å². The van der Waals surface area contributed by atoms with Gasteiger partial charge in [-0.25, -0.2) is 4.39 Å². The minimum Gasteiger partial charge on any atom is -0.482 e. The van der Waals surface area contributed by atoms with Crippen molar-refractivity contribution in [3.05, 3.63) is 58.9 Å². The Morgan fingerprint density at radius 2 is 2.00 bits per heavy atom. The zero-order chi connectivity index (χ0) is 15.2. The summed E-state index contributed by atoms with van der Waals surface area (Å²) in [6.45, 7) is -0.285. The number of nitriles is 1. The van der Waals surface area contributed by atoms with E-state index in [4.69, 9.17) is 21.6 Å². The molecule has 0 atom stereocenters. The van der Waals surface area contributed by atoms with Crippen molar-refractivity contribution in [2.24, 2.45) is 0 Å². The Bertz CT molecular complexity index is 696. The van der Waals surface area contributed by atoms with E-state index < -0.39 is 5.91 Å². The maximum atomic E-state index is 12.7. The van der Waals surface area contributed by atoms with Gasteiger partial charge < -0.3 is 10.1 Å². The summed E-state index contributed by atoms with van der Waals surface area (Å²) < 4.78 is 18.0. The van der Waals surface area contributed by atoms with E-state index in [0.717, 1.165) is 0 Å². The van der Waals surface area contributed by atoms with E-state index in [9.17, 15) is 9.18 Å². The fourth-order valence-corrected chi connectivity index (χ4v) is 1.74. The van der Waals surface area contributed by atoms with Crippen molar-refractivity contribution < 1.29 is 13.9 Å². The Morgan fingerprint density at radius 3 is 2.67 bits per heavy atom. The zero-order valence-corrected chi connectivity index (χ0v) is 11.5. The average Bonchev–Trinajstić information content (AvgIpc) is 2.48.